The van der Waals surface area contributed by atoms with E-state index in [2.05, 4.69) is 56.4 Å². The van der Waals surface area contributed by atoms with Gasteiger partial charge in [0.2, 0.25) is 17.7 Å². The van der Waals surface area contributed by atoms with Crippen molar-refractivity contribution in [3.8, 4) is 16.5 Å². The largest absolute Gasteiger partial charge is 0.348 e. The Balaban J connectivity index is 1.46. The molecule has 10 heteroatoms. The summed E-state index contributed by atoms with van der Waals surface area (Å²) < 4.78 is 1.04. The lowest BCUT2D eigenvalue weighted by atomic mass is 9.85. The van der Waals surface area contributed by atoms with Gasteiger partial charge in [0.1, 0.15) is 17.5 Å². The number of aromatic nitrogens is 1. The Hall–Kier alpha value is -2.52. The number of aryl methyl sites for hydroxylation is 1. The number of likely N-dealkylation sites (tertiary alicyclic amines) is 1. The van der Waals surface area contributed by atoms with Crippen molar-refractivity contribution in [2.24, 2.45) is 10.8 Å². The van der Waals surface area contributed by atoms with E-state index in [0.717, 1.165) is 25.3 Å². The van der Waals surface area contributed by atoms with Crippen molar-refractivity contribution in [2.75, 3.05) is 6.54 Å². The van der Waals surface area contributed by atoms with E-state index in [4.69, 9.17) is 0 Å². The highest BCUT2D eigenvalue weighted by molar-refractivity contribution is 14.1. The van der Waals surface area contributed by atoms with Gasteiger partial charge < -0.3 is 15.5 Å². The predicted molar refractivity (Wildman–Crippen MR) is 155 cm³/mol. The van der Waals surface area contributed by atoms with Crippen molar-refractivity contribution in [1.82, 2.24) is 20.5 Å². The summed E-state index contributed by atoms with van der Waals surface area (Å²) in [5, 5.41) is 15.4. The highest BCUT2D eigenvalue weighted by atomic mass is 127. The fourth-order valence-electron chi connectivity index (χ4n) is 4.89. The Labute approximate surface area is 241 Å². The van der Waals surface area contributed by atoms with Crippen molar-refractivity contribution in [3.63, 3.8) is 0 Å². The molecule has 2 aromatic rings. The maximum absolute atomic E-state index is 13.7. The molecule has 3 amide bonds. The van der Waals surface area contributed by atoms with Crippen LogP contribution in [0.15, 0.2) is 23.7 Å². The Bertz CT molecular complexity index is 1290. The second kappa shape index (κ2) is 10.9. The van der Waals surface area contributed by atoms with Gasteiger partial charge in [0.05, 0.1) is 28.2 Å². The highest BCUT2D eigenvalue weighted by Gasteiger charge is 2.53. The van der Waals surface area contributed by atoms with Crippen LogP contribution in [-0.2, 0) is 14.4 Å². The summed E-state index contributed by atoms with van der Waals surface area (Å²) >= 11 is 3.90. The van der Waals surface area contributed by atoms with Crippen LogP contribution in [0.3, 0.4) is 0 Å². The number of hydrogen-bond donors (Lipinski definition) is 2. The summed E-state index contributed by atoms with van der Waals surface area (Å²) in [6.07, 6.45) is 2.30. The SMILES string of the molecule is Cc1ncsc1-c1ccc([C@H](C)NC(=O)[C@@H]2CCCN2C(=O)[C@@H](NC(=O)C2(C#N)CC2)C(C)(C)C)c(I)c1. The van der Waals surface area contributed by atoms with Crippen LogP contribution in [-0.4, -0.2) is 46.2 Å². The first kappa shape index (κ1) is 28.5. The summed E-state index contributed by atoms with van der Waals surface area (Å²) in [6, 6.07) is 6.62. The van der Waals surface area contributed by atoms with Gasteiger partial charge in [-0.3, -0.25) is 14.4 Å². The van der Waals surface area contributed by atoms with Gasteiger partial charge in [0, 0.05) is 10.1 Å². The molecule has 4 rings (SSSR count). The number of carbonyl (C=O) groups is 3. The molecule has 1 aliphatic carbocycles. The van der Waals surface area contributed by atoms with E-state index in [1.54, 1.807) is 16.2 Å². The molecule has 0 unspecified atom stereocenters. The van der Waals surface area contributed by atoms with Crippen molar-refractivity contribution in [3.05, 3.63) is 38.5 Å². The molecule has 38 heavy (non-hydrogen) atoms. The van der Waals surface area contributed by atoms with Crippen molar-refractivity contribution in [1.29, 1.82) is 5.26 Å². The van der Waals surface area contributed by atoms with Gasteiger partial charge in [-0.2, -0.15) is 5.26 Å². The molecule has 1 saturated carbocycles. The van der Waals surface area contributed by atoms with Gasteiger partial charge in [0.25, 0.3) is 0 Å². The first-order valence-electron chi connectivity index (χ1n) is 12.9. The molecule has 2 heterocycles. The second-order valence-corrected chi connectivity index (χ2v) is 13.4. The summed E-state index contributed by atoms with van der Waals surface area (Å²) in [5.41, 5.74) is 3.34. The predicted octanol–water partition coefficient (Wildman–Crippen LogP) is 4.73. The molecular weight excluding hydrogens is 613 g/mol. The fourth-order valence-corrected chi connectivity index (χ4v) is 6.67. The van der Waals surface area contributed by atoms with Crippen LogP contribution in [0.4, 0.5) is 0 Å². The number of hydrogen-bond acceptors (Lipinski definition) is 6. The lowest BCUT2D eigenvalue weighted by molar-refractivity contribution is -0.144. The number of benzene rings is 1. The third kappa shape index (κ3) is 5.73. The zero-order valence-corrected chi connectivity index (χ0v) is 25.4. The molecule has 1 saturated heterocycles. The summed E-state index contributed by atoms with van der Waals surface area (Å²) in [5.74, 6) is -0.867. The van der Waals surface area contributed by atoms with Gasteiger partial charge in [0.15, 0.2) is 0 Å². The van der Waals surface area contributed by atoms with E-state index < -0.39 is 28.8 Å². The molecule has 1 aromatic carbocycles. The quantitative estimate of drug-likeness (QED) is 0.422. The minimum Gasteiger partial charge on any atom is -0.348 e. The smallest absolute Gasteiger partial charge is 0.246 e. The average Bonchev–Trinajstić information content (AvgIpc) is 3.28. The van der Waals surface area contributed by atoms with Crippen LogP contribution in [0.5, 0.6) is 0 Å². The highest BCUT2D eigenvalue weighted by Crippen LogP contribution is 2.45. The summed E-state index contributed by atoms with van der Waals surface area (Å²) in [7, 11) is 0. The monoisotopic (exact) mass is 647 g/mol. The molecule has 1 aromatic heterocycles. The number of thiazole rings is 1. The van der Waals surface area contributed by atoms with E-state index in [1.807, 2.05) is 46.2 Å². The van der Waals surface area contributed by atoms with Crippen LogP contribution < -0.4 is 10.6 Å². The van der Waals surface area contributed by atoms with E-state index in [1.165, 1.54) is 0 Å². The van der Waals surface area contributed by atoms with Gasteiger partial charge in [-0.25, -0.2) is 4.98 Å². The van der Waals surface area contributed by atoms with Gasteiger partial charge in [-0.15, -0.1) is 11.3 Å². The molecule has 202 valence electrons. The number of nitrogens with zero attached hydrogens (tertiary/aromatic N) is 3. The number of carbonyl (C=O) groups excluding carboxylic acids is 3. The second-order valence-electron chi connectivity index (χ2n) is 11.4. The molecule has 0 spiro atoms. The number of nitriles is 1. The number of nitrogens with one attached hydrogen (secondary N) is 2. The Morgan fingerprint density at radius 2 is 1.97 bits per heavy atom. The molecule has 8 nitrogen and oxygen atoms in total. The van der Waals surface area contributed by atoms with Crippen molar-refractivity contribution >= 4 is 51.6 Å². The van der Waals surface area contributed by atoms with Crippen molar-refractivity contribution < 1.29 is 14.4 Å². The third-order valence-corrected chi connectivity index (χ3v) is 9.37. The standard InChI is InChI=1S/C28H34IN5O3S/c1-16(19-9-8-18(13-20(19)29)22-17(2)31-15-38-22)32-24(35)21-7-6-12-34(21)25(36)23(27(3,4)5)33-26(37)28(14-30)10-11-28/h8-9,13,15-16,21,23H,6-7,10-12H2,1-5H3,(H,32,35)(H,33,37)/t16-,21-,23+/m0/s1. The zero-order chi connectivity index (χ0) is 27.8. The number of halogens is 1. The maximum Gasteiger partial charge on any atom is 0.246 e. The van der Waals surface area contributed by atoms with E-state index in [0.29, 0.717) is 32.2 Å². The molecule has 2 N–H and O–H groups in total. The summed E-state index contributed by atoms with van der Waals surface area (Å²) in [6.45, 7) is 10.0. The minimum absolute atomic E-state index is 0.198. The van der Waals surface area contributed by atoms with Crippen LogP contribution in [0.25, 0.3) is 10.4 Å². The Kier molecular flexibility index (Phi) is 8.19. The van der Waals surface area contributed by atoms with E-state index >= 15 is 0 Å². The third-order valence-electron chi connectivity index (χ3n) is 7.46. The lowest BCUT2D eigenvalue weighted by Gasteiger charge is -2.36. The van der Waals surface area contributed by atoms with Crippen LogP contribution in [0, 0.1) is 32.7 Å². The first-order valence-corrected chi connectivity index (χ1v) is 14.9. The molecule has 2 fully saturated rings. The van der Waals surface area contributed by atoms with Gasteiger partial charge in [-0.1, -0.05) is 32.9 Å². The van der Waals surface area contributed by atoms with Gasteiger partial charge in [-0.05, 0) is 84.7 Å². The molecular formula is C28H34IN5O3S. The summed E-state index contributed by atoms with van der Waals surface area (Å²) in [4.78, 5) is 47.0. The van der Waals surface area contributed by atoms with Crippen molar-refractivity contribution in [2.45, 2.75) is 78.4 Å². The Morgan fingerprint density at radius 1 is 1.26 bits per heavy atom. The molecule has 0 radical (unpaired) electrons. The van der Waals surface area contributed by atoms with Crippen LogP contribution in [0.1, 0.15) is 70.7 Å². The molecule has 2 aliphatic rings. The molecule has 1 aliphatic heterocycles. The van der Waals surface area contributed by atoms with E-state index in [9.17, 15) is 19.6 Å². The number of amides is 3. The molecule has 0 bridgehead atoms. The van der Waals surface area contributed by atoms with Gasteiger partial charge >= 0.3 is 0 Å². The van der Waals surface area contributed by atoms with E-state index in [-0.39, 0.29) is 17.9 Å². The maximum atomic E-state index is 13.7. The minimum atomic E-state index is -1.02. The normalized spacial score (nSPS) is 19.8. The average molecular weight is 648 g/mol. The van der Waals surface area contributed by atoms with Crippen LogP contribution in [0.2, 0.25) is 0 Å². The topological polar surface area (TPSA) is 115 Å². The first-order chi connectivity index (χ1) is 17.9. The molecule has 3 atom stereocenters. The number of rotatable bonds is 7. The zero-order valence-electron chi connectivity index (χ0n) is 22.4. The fraction of sp³-hybridized carbons (Fsp3) is 0.536. The Morgan fingerprint density at radius 3 is 2.53 bits per heavy atom. The van der Waals surface area contributed by atoms with Crippen LogP contribution >= 0.6 is 33.9 Å². The lowest BCUT2D eigenvalue weighted by Crippen LogP contribution is -2.58.